The van der Waals surface area contributed by atoms with Crippen molar-refractivity contribution in [1.82, 2.24) is 5.32 Å². The van der Waals surface area contributed by atoms with Gasteiger partial charge in [0.1, 0.15) is 0 Å². The Bertz CT molecular complexity index is 839. The average Bonchev–Trinajstić information content (AvgIpc) is 2.75. The minimum absolute atomic E-state index is 0.0910. The molecule has 2 N–H and O–H groups in total. The van der Waals surface area contributed by atoms with E-state index in [0.29, 0.717) is 55.0 Å². The topological polar surface area (TPSA) is 86.3 Å². The maximum Gasteiger partial charge on any atom is 0.224 e. The quantitative estimate of drug-likeness (QED) is 0.503. The number of ether oxygens (including phenoxy) is 4. The Labute approximate surface area is 184 Å². The summed E-state index contributed by atoms with van der Waals surface area (Å²) in [6.07, 6.45) is -0.690. The monoisotopic (exact) mass is 431 g/mol. The lowest BCUT2D eigenvalue weighted by Crippen LogP contribution is -2.29. The van der Waals surface area contributed by atoms with Gasteiger partial charge >= 0.3 is 0 Å². The Morgan fingerprint density at radius 2 is 1.32 bits per heavy atom. The number of amides is 1. The minimum Gasteiger partial charge on any atom is -0.490 e. The molecule has 1 amide bonds. The first-order valence-corrected chi connectivity index (χ1v) is 10.7. The first-order valence-electron chi connectivity index (χ1n) is 10.7. The van der Waals surface area contributed by atoms with Crippen molar-refractivity contribution in [3.8, 4) is 23.0 Å². The van der Waals surface area contributed by atoms with E-state index in [1.165, 1.54) is 0 Å². The van der Waals surface area contributed by atoms with Crippen LogP contribution in [0.15, 0.2) is 36.4 Å². The van der Waals surface area contributed by atoms with Crippen molar-refractivity contribution in [3.05, 3.63) is 47.5 Å². The van der Waals surface area contributed by atoms with E-state index in [4.69, 9.17) is 18.9 Å². The van der Waals surface area contributed by atoms with Gasteiger partial charge in [-0.1, -0.05) is 12.1 Å². The molecule has 1 unspecified atom stereocenters. The second kappa shape index (κ2) is 12.7. The standard InChI is InChI=1S/C24H33NO6/c1-5-28-20-11-9-17(13-22(20)30-7-3)14-24(27)25-16-19(26)18-10-12-21(29-6-2)23(15-18)31-8-4/h9-13,15,19,26H,5-8,14,16H2,1-4H3,(H,25,27). The van der Waals surface area contributed by atoms with Gasteiger partial charge in [0, 0.05) is 6.54 Å². The Morgan fingerprint density at radius 1 is 0.806 bits per heavy atom. The van der Waals surface area contributed by atoms with Crippen LogP contribution in [0.2, 0.25) is 0 Å². The summed E-state index contributed by atoms with van der Waals surface area (Å²) in [7, 11) is 0. The van der Waals surface area contributed by atoms with E-state index in [-0.39, 0.29) is 18.9 Å². The molecule has 2 aromatic rings. The second-order valence-electron chi connectivity index (χ2n) is 6.72. The highest BCUT2D eigenvalue weighted by molar-refractivity contribution is 5.78. The molecule has 170 valence electrons. The molecule has 0 heterocycles. The third-order valence-electron chi connectivity index (χ3n) is 4.42. The van der Waals surface area contributed by atoms with Crippen LogP contribution in [0.5, 0.6) is 23.0 Å². The maximum absolute atomic E-state index is 12.4. The molecule has 31 heavy (non-hydrogen) atoms. The highest BCUT2D eigenvalue weighted by Crippen LogP contribution is 2.31. The lowest BCUT2D eigenvalue weighted by molar-refractivity contribution is -0.120. The fraction of sp³-hybridized carbons (Fsp3) is 0.458. The van der Waals surface area contributed by atoms with Gasteiger partial charge in [-0.2, -0.15) is 0 Å². The van der Waals surface area contributed by atoms with Crippen molar-refractivity contribution in [3.63, 3.8) is 0 Å². The van der Waals surface area contributed by atoms with Crippen LogP contribution in [0.4, 0.5) is 0 Å². The average molecular weight is 432 g/mol. The number of aliphatic hydroxyl groups is 1. The molecule has 0 aliphatic heterocycles. The number of benzene rings is 2. The molecule has 0 aromatic heterocycles. The van der Waals surface area contributed by atoms with Crippen LogP contribution in [0.25, 0.3) is 0 Å². The molecule has 0 spiro atoms. The lowest BCUT2D eigenvalue weighted by atomic mass is 10.1. The summed E-state index contributed by atoms with van der Waals surface area (Å²) in [5.41, 5.74) is 1.45. The van der Waals surface area contributed by atoms with E-state index < -0.39 is 6.10 Å². The van der Waals surface area contributed by atoms with Crippen molar-refractivity contribution in [2.45, 2.75) is 40.2 Å². The summed E-state index contributed by atoms with van der Waals surface area (Å²) >= 11 is 0. The molecular formula is C24H33NO6. The molecule has 0 aliphatic rings. The predicted molar refractivity (Wildman–Crippen MR) is 119 cm³/mol. The summed E-state index contributed by atoms with van der Waals surface area (Å²) in [4.78, 5) is 12.4. The summed E-state index contributed by atoms with van der Waals surface area (Å²) in [5.74, 6) is 2.29. The van der Waals surface area contributed by atoms with Gasteiger partial charge in [-0.3, -0.25) is 4.79 Å². The lowest BCUT2D eigenvalue weighted by Gasteiger charge is -2.16. The summed E-state index contributed by atoms with van der Waals surface area (Å²) < 4.78 is 22.3. The van der Waals surface area contributed by atoms with Gasteiger partial charge < -0.3 is 29.4 Å². The van der Waals surface area contributed by atoms with Gasteiger partial charge in [0.25, 0.3) is 0 Å². The first-order chi connectivity index (χ1) is 15.0. The second-order valence-corrected chi connectivity index (χ2v) is 6.72. The zero-order valence-corrected chi connectivity index (χ0v) is 18.8. The third-order valence-corrected chi connectivity index (χ3v) is 4.42. The maximum atomic E-state index is 12.4. The van der Waals surface area contributed by atoms with Crippen molar-refractivity contribution in [2.24, 2.45) is 0 Å². The van der Waals surface area contributed by atoms with Gasteiger partial charge in [0.15, 0.2) is 23.0 Å². The van der Waals surface area contributed by atoms with E-state index in [1.54, 1.807) is 24.3 Å². The number of nitrogens with one attached hydrogen (secondary N) is 1. The van der Waals surface area contributed by atoms with Gasteiger partial charge in [-0.05, 0) is 63.1 Å². The SMILES string of the molecule is CCOc1ccc(CC(=O)NCC(O)c2ccc(OCC)c(OCC)c2)cc1OCC. The van der Waals surface area contributed by atoms with Gasteiger partial charge in [0.2, 0.25) is 5.91 Å². The molecule has 0 aliphatic carbocycles. The van der Waals surface area contributed by atoms with Gasteiger partial charge in [-0.15, -0.1) is 0 Å². The smallest absolute Gasteiger partial charge is 0.224 e. The van der Waals surface area contributed by atoms with Crippen LogP contribution < -0.4 is 24.3 Å². The molecule has 0 saturated carbocycles. The number of carbonyl (C=O) groups is 1. The van der Waals surface area contributed by atoms with E-state index >= 15 is 0 Å². The van der Waals surface area contributed by atoms with Crippen molar-refractivity contribution >= 4 is 5.91 Å². The largest absolute Gasteiger partial charge is 0.490 e. The van der Waals surface area contributed by atoms with Crippen molar-refractivity contribution in [2.75, 3.05) is 33.0 Å². The van der Waals surface area contributed by atoms with E-state index in [9.17, 15) is 9.90 Å². The number of hydrogen-bond acceptors (Lipinski definition) is 6. The molecule has 2 rings (SSSR count). The predicted octanol–water partition coefficient (Wildman–Crippen LogP) is 3.67. The van der Waals surface area contributed by atoms with Gasteiger partial charge in [-0.25, -0.2) is 0 Å². The minimum atomic E-state index is -0.863. The van der Waals surface area contributed by atoms with Gasteiger partial charge in [0.05, 0.1) is 39.0 Å². The first kappa shape index (κ1) is 24.3. The Hall–Kier alpha value is -2.93. The highest BCUT2D eigenvalue weighted by atomic mass is 16.5. The summed E-state index contributed by atoms with van der Waals surface area (Å²) in [6.45, 7) is 9.73. The molecule has 7 nitrogen and oxygen atoms in total. The third kappa shape index (κ3) is 7.36. The summed E-state index contributed by atoms with van der Waals surface area (Å²) in [5, 5.41) is 13.3. The molecule has 0 fully saturated rings. The number of carbonyl (C=O) groups excluding carboxylic acids is 1. The molecule has 0 bridgehead atoms. The zero-order valence-electron chi connectivity index (χ0n) is 18.8. The fourth-order valence-electron chi connectivity index (χ4n) is 3.06. The molecule has 0 saturated heterocycles. The number of rotatable bonds is 13. The fourth-order valence-corrected chi connectivity index (χ4v) is 3.06. The Kier molecular flexibility index (Phi) is 9.97. The molecule has 2 aromatic carbocycles. The normalized spacial score (nSPS) is 11.5. The van der Waals surface area contributed by atoms with E-state index in [0.717, 1.165) is 5.56 Å². The number of hydrogen-bond donors (Lipinski definition) is 2. The zero-order chi connectivity index (χ0) is 22.6. The van der Waals surface area contributed by atoms with Crippen LogP contribution in [-0.2, 0) is 11.2 Å². The summed E-state index contributed by atoms with van der Waals surface area (Å²) in [6, 6.07) is 10.7. The van der Waals surface area contributed by atoms with Crippen LogP contribution in [0, 0.1) is 0 Å². The van der Waals surface area contributed by atoms with Crippen LogP contribution in [0.1, 0.15) is 44.9 Å². The van der Waals surface area contributed by atoms with Crippen molar-refractivity contribution < 1.29 is 28.8 Å². The Balaban J connectivity index is 1.97. The molecule has 7 heteroatoms. The Morgan fingerprint density at radius 3 is 1.90 bits per heavy atom. The molecular weight excluding hydrogens is 398 g/mol. The van der Waals surface area contributed by atoms with E-state index in [1.807, 2.05) is 39.8 Å². The molecule has 1 atom stereocenters. The van der Waals surface area contributed by atoms with Crippen LogP contribution >= 0.6 is 0 Å². The highest BCUT2D eigenvalue weighted by Gasteiger charge is 2.15. The van der Waals surface area contributed by atoms with Crippen LogP contribution in [-0.4, -0.2) is 44.0 Å². The number of aliphatic hydroxyl groups excluding tert-OH is 1. The van der Waals surface area contributed by atoms with Crippen molar-refractivity contribution in [1.29, 1.82) is 0 Å². The molecule has 0 radical (unpaired) electrons. The van der Waals surface area contributed by atoms with Crippen LogP contribution in [0.3, 0.4) is 0 Å². The van der Waals surface area contributed by atoms with E-state index in [2.05, 4.69) is 5.32 Å².